The average Bonchev–Trinajstić information content (AvgIpc) is 3.53. The molecule has 0 amide bonds. The van der Waals surface area contributed by atoms with Crippen LogP contribution in [0.1, 0.15) is 104 Å². The number of benzene rings is 1. The summed E-state index contributed by atoms with van der Waals surface area (Å²) in [6.45, 7) is 3.03. The number of aliphatic hydroxyl groups excluding tert-OH is 1. The number of carbonyl (C=O) groups is 1. The third kappa shape index (κ3) is 13.7. The zero-order valence-electron chi connectivity index (χ0n) is 30.8. The second kappa shape index (κ2) is 22.5. The molecule has 0 aliphatic carbocycles. The number of nitrogen functional groups attached to an aromatic ring is 1. The molecule has 0 radical (unpaired) electrons. The van der Waals surface area contributed by atoms with E-state index in [1.807, 2.05) is 0 Å². The summed E-state index contributed by atoms with van der Waals surface area (Å²) in [6.07, 6.45) is 21.6. The van der Waals surface area contributed by atoms with E-state index in [1.165, 1.54) is 89.1 Å². The molecule has 288 valence electrons. The Bertz CT molecular complexity index is 1590. The third-order valence-electron chi connectivity index (χ3n) is 8.85. The molecule has 15 heteroatoms. The largest absolute Gasteiger partial charge is 0.465 e. The number of hydrogen-bond acceptors (Lipinski definition) is 11. The normalized spacial score (nSPS) is 15.0. The van der Waals surface area contributed by atoms with Crippen molar-refractivity contribution in [1.29, 1.82) is 0 Å². The molecule has 1 aromatic carbocycles. The van der Waals surface area contributed by atoms with Crippen LogP contribution in [0, 0.1) is 18.4 Å². The first-order valence-corrected chi connectivity index (χ1v) is 19.9. The molecular weight excluding hydrogens is 690 g/mol. The van der Waals surface area contributed by atoms with E-state index < -0.39 is 44.1 Å². The van der Waals surface area contributed by atoms with Crippen LogP contribution in [0.3, 0.4) is 0 Å². The van der Waals surface area contributed by atoms with Gasteiger partial charge < -0.3 is 29.4 Å². The fourth-order valence-electron chi connectivity index (χ4n) is 5.67. The molecule has 0 aliphatic heterocycles. The highest BCUT2D eigenvalue weighted by Crippen LogP contribution is 2.46. The Kier molecular flexibility index (Phi) is 18.5. The van der Waals surface area contributed by atoms with Crippen LogP contribution in [-0.4, -0.2) is 68.7 Å². The minimum Gasteiger partial charge on any atom is -0.465 e. The molecule has 0 bridgehead atoms. The standard InChI is InChI=1S/C37H56FN6O7P/c1-5-7-8-9-10-11-12-13-14-15-16-17-18-22-25-49-35(46)29(3)43-52(47,51-30-23-20-19-21-24-30)50-27-37(6-2,48-4)31(45)26-44-28-40-32-33(39)41-36(38)42-34(32)44/h2,19-21,23-24,28-29,31,45H,5,7-18,22,25-27H2,1,3-4H3,(H,43,47)(H2,39,41,42)/t29-,31-,37+,52?/m0/s1. The maximum Gasteiger partial charge on any atom is 0.459 e. The maximum atomic E-state index is 14.1. The molecular formula is C37H56FN6O7P. The van der Waals surface area contributed by atoms with Crippen molar-refractivity contribution < 1.29 is 37.4 Å². The summed E-state index contributed by atoms with van der Waals surface area (Å²) < 4.78 is 51.8. The van der Waals surface area contributed by atoms with Gasteiger partial charge in [0.2, 0.25) is 0 Å². The molecule has 4 atom stereocenters. The average molecular weight is 747 g/mol. The quantitative estimate of drug-likeness (QED) is 0.0237. The smallest absolute Gasteiger partial charge is 0.459 e. The van der Waals surface area contributed by atoms with E-state index >= 15 is 0 Å². The molecule has 0 saturated carbocycles. The van der Waals surface area contributed by atoms with Crippen LogP contribution in [0.25, 0.3) is 11.2 Å². The number of hydrogen-bond donors (Lipinski definition) is 3. The minimum absolute atomic E-state index is 0.0214. The van der Waals surface area contributed by atoms with Crippen LogP contribution in [0.4, 0.5) is 10.2 Å². The first-order valence-electron chi connectivity index (χ1n) is 18.3. The van der Waals surface area contributed by atoms with E-state index in [1.54, 1.807) is 30.3 Å². The number of unbranched alkanes of at least 4 members (excludes halogenated alkanes) is 13. The van der Waals surface area contributed by atoms with Crippen molar-refractivity contribution in [2.75, 3.05) is 26.1 Å². The summed E-state index contributed by atoms with van der Waals surface area (Å²) in [7, 11) is -3.11. The van der Waals surface area contributed by atoms with Gasteiger partial charge in [-0.2, -0.15) is 19.4 Å². The summed E-state index contributed by atoms with van der Waals surface area (Å²) in [5, 5.41) is 13.9. The van der Waals surface area contributed by atoms with Gasteiger partial charge in [-0.1, -0.05) is 115 Å². The lowest BCUT2D eigenvalue weighted by atomic mass is 9.98. The van der Waals surface area contributed by atoms with Gasteiger partial charge in [0.25, 0.3) is 0 Å². The Morgan fingerprint density at radius 2 is 1.63 bits per heavy atom. The number of nitrogens with zero attached hydrogens (tertiary/aromatic N) is 4. The fraction of sp³-hybridized carbons (Fsp3) is 0.622. The van der Waals surface area contributed by atoms with Crippen LogP contribution in [-0.2, 0) is 29.9 Å². The molecule has 2 aromatic heterocycles. The van der Waals surface area contributed by atoms with Gasteiger partial charge in [0.1, 0.15) is 30.0 Å². The number of esters is 1. The lowest BCUT2D eigenvalue weighted by Crippen LogP contribution is -2.49. The number of aliphatic hydroxyl groups is 1. The Labute approximate surface area is 307 Å². The number of rotatable bonds is 27. The second-order valence-electron chi connectivity index (χ2n) is 13.0. The lowest BCUT2D eigenvalue weighted by molar-refractivity contribution is -0.145. The number of anilines is 1. The van der Waals surface area contributed by atoms with Crippen molar-refractivity contribution in [3.8, 4) is 18.1 Å². The molecule has 0 aliphatic rings. The van der Waals surface area contributed by atoms with Crippen molar-refractivity contribution >= 4 is 30.7 Å². The minimum atomic E-state index is -4.35. The number of aromatic nitrogens is 4. The van der Waals surface area contributed by atoms with Gasteiger partial charge in [-0.3, -0.25) is 9.32 Å². The number of halogens is 1. The Morgan fingerprint density at radius 1 is 1.04 bits per heavy atom. The SMILES string of the molecule is C#C[C@](COP(=O)(N[C@@H](C)C(=O)OCCCCCCCCCCCCCCCC)Oc1ccccc1)(OC)[C@@H](O)Cn1cnc2c(N)nc(F)nc21. The highest BCUT2D eigenvalue weighted by atomic mass is 31.2. The van der Waals surface area contributed by atoms with Gasteiger partial charge in [0, 0.05) is 7.11 Å². The number of para-hydroxylation sites is 1. The highest BCUT2D eigenvalue weighted by Gasteiger charge is 2.42. The highest BCUT2D eigenvalue weighted by molar-refractivity contribution is 7.52. The van der Waals surface area contributed by atoms with Crippen LogP contribution in [0.2, 0.25) is 0 Å². The summed E-state index contributed by atoms with van der Waals surface area (Å²) in [5.41, 5.74) is 4.02. The van der Waals surface area contributed by atoms with Gasteiger partial charge in [-0.25, -0.2) is 9.55 Å². The zero-order chi connectivity index (χ0) is 37.8. The first-order chi connectivity index (χ1) is 25.1. The monoisotopic (exact) mass is 746 g/mol. The number of carbonyl (C=O) groups excluding carboxylic acids is 1. The first kappa shape index (κ1) is 42.8. The summed E-state index contributed by atoms with van der Waals surface area (Å²) in [4.78, 5) is 24.1. The number of nitrogens with one attached hydrogen (secondary N) is 1. The molecule has 0 spiro atoms. The number of imidazole rings is 1. The molecule has 52 heavy (non-hydrogen) atoms. The topological polar surface area (TPSA) is 173 Å². The van der Waals surface area contributed by atoms with E-state index in [0.29, 0.717) is 0 Å². The number of ether oxygens (including phenoxy) is 2. The van der Waals surface area contributed by atoms with Crippen molar-refractivity contribution in [3.05, 3.63) is 42.7 Å². The fourth-order valence-corrected chi connectivity index (χ4v) is 7.19. The summed E-state index contributed by atoms with van der Waals surface area (Å²) in [6, 6.07) is 7.13. The van der Waals surface area contributed by atoms with Crippen LogP contribution in [0.15, 0.2) is 36.7 Å². The zero-order valence-corrected chi connectivity index (χ0v) is 31.7. The lowest BCUT2D eigenvalue weighted by Gasteiger charge is -2.33. The second-order valence-corrected chi connectivity index (χ2v) is 14.7. The number of nitrogens with two attached hydrogens (primary N) is 1. The molecule has 0 saturated heterocycles. The van der Waals surface area contributed by atoms with Crippen LogP contribution < -0.4 is 15.3 Å². The number of fused-ring (bicyclic) bond motifs is 1. The summed E-state index contributed by atoms with van der Waals surface area (Å²) >= 11 is 0. The van der Waals surface area contributed by atoms with E-state index in [4.69, 9.17) is 30.7 Å². The van der Waals surface area contributed by atoms with Gasteiger partial charge in [0.15, 0.2) is 17.1 Å². The van der Waals surface area contributed by atoms with Gasteiger partial charge >= 0.3 is 19.8 Å². The van der Waals surface area contributed by atoms with E-state index in [-0.39, 0.29) is 35.9 Å². The third-order valence-corrected chi connectivity index (χ3v) is 10.5. The van der Waals surface area contributed by atoms with Crippen molar-refractivity contribution in [3.63, 3.8) is 0 Å². The summed E-state index contributed by atoms with van der Waals surface area (Å²) in [5.74, 6) is 1.75. The molecule has 1 unspecified atom stereocenters. The Balaban J connectivity index is 1.50. The molecule has 3 aromatic rings. The Hall–Kier alpha value is -3.60. The van der Waals surface area contributed by atoms with Gasteiger partial charge in [-0.05, 0) is 25.5 Å². The Morgan fingerprint density at radius 3 is 2.21 bits per heavy atom. The van der Waals surface area contributed by atoms with Crippen LogP contribution in [0.5, 0.6) is 5.75 Å². The molecule has 0 fully saturated rings. The molecule has 2 heterocycles. The predicted molar refractivity (Wildman–Crippen MR) is 199 cm³/mol. The number of terminal acetylenes is 1. The van der Waals surface area contributed by atoms with Crippen LogP contribution >= 0.6 is 7.75 Å². The van der Waals surface area contributed by atoms with Crippen molar-refractivity contribution in [2.24, 2.45) is 0 Å². The van der Waals surface area contributed by atoms with E-state index in [2.05, 4.69) is 32.9 Å². The maximum absolute atomic E-state index is 14.1. The van der Waals surface area contributed by atoms with Crippen molar-refractivity contribution in [2.45, 2.75) is 128 Å². The van der Waals surface area contributed by atoms with Gasteiger partial charge in [0.05, 0.1) is 19.5 Å². The predicted octanol–water partition coefficient (Wildman–Crippen LogP) is 7.13. The molecule has 4 N–H and O–H groups in total. The molecule has 13 nitrogen and oxygen atoms in total. The molecule has 3 rings (SSSR count). The van der Waals surface area contributed by atoms with E-state index in [9.17, 15) is 18.9 Å². The number of methoxy groups -OCH3 is 1. The van der Waals surface area contributed by atoms with Crippen molar-refractivity contribution in [1.82, 2.24) is 24.6 Å². The van der Waals surface area contributed by atoms with Gasteiger partial charge in [-0.15, -0.1) is 6.42 Å². The van der Waals surface area contributed by atoms with E-state index in [0.717, 1.165) is 25.7 Å².